The Kier molecular flexibility index (Phi) is 2.69. The van der Waals surface area contributed by atoms with Crippen LogP contribution in [0.2, 0.25) is 0 Å². The van der Waals surface area contributed by atoms with Gasteiger partial charge in [0, 0.05) is 0 Å². The Bertz CT molecular complexity index is 297. The first kappa shape index (κ1) is 10.2. The molecule has 1 aromatic carbocycles. The van der Waals surface area contributed by atoms with Crippen LogP contribution in [0.1, 0.15) is 31.9 Å². The predicted molar refractivity (Wildman–Crippen MR) is 49.9 cm³/mol. The molecule has 0 bridgehead atoms. The standard InChI is InChI=1S/C11H14F2/c1-11(2,3)9-4-8(7-12)5-10(13)6-9/h4-6H,7H2,1-3H3. The second kappa shape index (κ2) is 3.44. The molecule has 0 aromatic heterocycles. The van der Waals surface area contributed by atoms with Gasteiger partial charge in [-0.05, 0) is 28.7 Å². The van der Waals surface area contributed by atoms with E-state index in [9.17, 15) is 8.78 Å². The maximum Gasteiger partial charge on any atom is 0.123 e. The Morgan fingerprint density at radius 3 is 2.23 bits per heavy atom. The Balaban J connectivity index is 3.16. The van der Waals surface area contributed by atoms with E-state index in [0.29, 0.717) is 5.56 Å². The van der Waals surface area contributed by atoms with Crippen molar-refractivity contribution >= 4 is 0 Å². The van der Waals surface area contributed by atoms with E-state index in [0.717, 1.165) is 5.56 Å². The van der Waals surface area contributed by atoms with Crippen molar-refractivity contribution in [3.63, 3.8) is 0 Å². The molecule has 0 saturated heterocycles. The summed E-state index contributed by atoms with van der Waals surface area (Å²) in [7, 11) is 0. The van der Waals surface area contributed by atoms with Gasteiger partial charge in [0.15, 0.2) is 0 Å². The van der Waals surface area contributed by atoms with Crippen LogP contribution >= 0.6 is 0 Å². The Hall–Kier alpha value is -0.920. The van der Waals surface area contributed by atoms with Gasteiger partial charge in [-0.15, -0.1) is 0 Å². The van der Waals surface area contributed by atoms with Gasteiger partial charge in [0.2, 0.25) is 0 Å². The monoisotopic (exact) mass is 184 g/mol. The molecule has 0 fully saturated rings. The number of halogens is 2. The van der Waals surface area contributed by atoms with Gasteiger partial charge in [-0.2, -0.15) is 0 Å². The molecule has 0 atom stereocenters. The average Bonchev–Trinajstić information content (AvgIpc) is 2.01. The number of benzene rings is 1. The second-order valence-corrected chi connectivity index (χ2v) is 4.23. The molecular formula is C11H14F2. The molecule has 0 nitrogen and oxygen atoms in total. The molecule has 0 amide bonds. The molecule has 13 heavy (non-hydrogen) atoms. The van der Waals surface area contributed by atoms with E-state index < -0.39 is 6.67 Å². The van der Waals surface area contributed by atoms with Crippen LogP contribution in [0.3, 0.4) is 0 Å². The summed E-state index contributed by atoms with van der Waals surface area (Å²) in [6, 6.07) is 4.40. The van der Waals surface area contributed by atoms with Crippen LogP contribution < -0.4 is 0 Å². The fourth-order valence-electron chi connectivity index (χ4n) is 1.16. The highest BCUT2D eigenvalue weighted by molar-refractivity contribution is 5.29. The van der Waals surface area contributed by atoms with Gasteiger partial charge in [0.1, 0.15) is 12.5 Å². The summed E-state index contributed by atoms with van der Waals surface area (Å²) in [5.74, 6) is -0.361. The van der Waals surface area contributed by atoms with Crippen LogP contribution in [0.4, 0.5) is 8.78 Å². The van der Waals surface area contributed by atoms with Crippen LogP contribution in [-0.4, -0.2) is 0 Å². The van der Waals surface area contributed by atoms with Crippen LogP contribution in [0.25, 0.3) is 0 Å². The van der Waals surface area contributed by atoms with Gasteiger partial charge >= 0.3 is 0 Å². The van der Waals surface area contributed by atoms with Crippen molar-refractivity contribution in [3.8, 4) is 0 Å². The fourth-order valence-corrected chi connectivity index (χ4v) is 1.16. The zero-order valence-corrected chi connectivity index (χ0v) is 8.20. The molecule has 0 unspecified atom stereocenters. The molecule has 1 rings (SSSR count). The van der Waals surface area contributed by atoms with E-state index >= 15 is 0 Å². The summed E-state index contributed by atoms with van der Waals surface area (Å²) < 4.78 is 25.3. The molecule has 1 aromatic rings. The number of hydrogen-bond acceptors (Lipinski definition) is 0. The second-order valence-electron chi connectivity index (χ2n) is 4.23. The average molecular weight is 184 g/mol. The molecular weight excluding hydrogens is 170 g/mol. The van der Waals surface area contributed by atoms with Gasteiger partial charge in [0.25, 0.3) is 0 Å². The largest absolute Gasteiger partial charge is 0.246 e. The Morgan fingerprint density at radius 1 is 1.15 bits per heavy atom. The molecule has 0 aliphatic rings. The highest BCUT2D eigenvalue weighted by atomic mass is 19.1. The molecule has 0 aliphatic carbocycles. The molecule has 0 saturated carbocycles. The van der Waals surface area contributed by atoms with E-state index in [4.69, 9.17) is 0 Å². The van der Waals surface area contributed by atoms with Crippen molar-refractivity contribution in [3.05, 3.63) is 35.1 Å². The van der Waals surface area contributed by atoms with E-state index in [-0.39, 0.29) is 11.2 Å². The third-order valence-corrected chi connectivity index (χ3v) is 1.98. The summed E-state index contributed by atoms with van der Waals surface area (Å²) in [4.78, 5) is 0. The van der Waals surface area contributed by atoms with E-state index in [1.54, 1.807) is 6.07 Å². The maximum absolute atomic E-state index is 13.0. The van der Waals surface area contributed by atoms with Crippen molar-refractivity contribution in [1.82, 2.24) is 0 Å². The summed E-state index contributed by atoms with van der Waals surface area (Å²) in [5.41, 5.74) is 1.11. The summed E-state index contributed by atoms with van der Waals surface area (Å²) in [5, 5.41) is 0. The lowest BCUT2D eigenvalue weighted by atomic mass is 9.86. The van der Waals surface area contributed by atoms with Crippen molar-refractivity contribution in [1.29, 1.82) is 0 Å². The zero-order chi connectivity index (χ0) is 10.1. The van der Waals surface area contributed by atoms with Crippen LogP contribution in [0.5, 0.6) is 0 Å². The van der Waals surface area contributed by atoms with Crippen molar-refractivity contribution in [2.45, 2.75) is 32.9 Å². The molecule has 0 radical (unpaired) electrons. The molecule has 72 valence electrons. The lowest BCUT2D eigenvalue weighted by Gasteiger charge is -2.19. The highest BCUT2D eigenvalue weighted by Gasteiger charge is 2.15. The lowest BCUT2D eigenvalue weighted by molar-refractivity contribution is 0.479. The van der Waals surface area contributed by atoms with E-state index in [1.807, 2.05) is 20.8 Å². The normalized spacial score (nSPS) is 11.8. The summed E-state index contributed by atoms with van der Waals surface area (Å²) in [6.07, 6.45) is 0. The van der Waals surface area contributed by atoms with Crippen LogP contribution in [0.15, 0.2) is 18.2 Å². The Labute approximate surface area is 77.6 Å². The number of rotatable bonds is 1. The van der Waals surface area contributed by atoms with Crippen LogP contribution in [-0.2, 0) is 12.1 Å². The molecule has 0 N–H and O–H groups in total. The molecule has 0 spiro atoms. The lowest BCUT2D eigenvalue weighted by Crippen LogP contribution is -2.11. The predicted octanol–water partition coefficient (Wildman–Crippen LogP) is 3.59. The van der Waals surface area contributed by atoms with E-state index in [1.165, 1.54) is 12.1 Å². The van der Waals surface area contributed by atoms with Crippen molar-refractivity contribution < 1.29 is 8.78 Å². The minimum absolute atomic E-state index is 0.133. The molecule has 2 heteroatoms. The van der Waals surface area contributed by atoms with Crippen molar-refractivity contribution in [2.24, 2.45) is 0 Å². The SMILES string of the molecule is CC(C)(C)c1cc(F)cc(CF)c1. The number of alkyl halides is 1. The first-order chi connectivity index (χ1) is 5.93. The minimum atomic E-state index is -0.610. The van der Waals surface area contributed by atoms with Gasteiger partial charge in [-0.1, -0.05) is 26.8 Å². The quantitative estimate of drug-likeness (QED) is 0.625. The molecule has 0 aliphatic heterocycles. The summed E-state index contributed by atoms with van der Waals surface area (Å²) in [6.45, 7) is 5.32. The Morgan fingerprint density at radius 2 is 1.77 bits per heavy atom. The highest BCUT2D eigenvalue weighted by Crippen LogP contribution is 2.24. The van der Waals surface area contributed by atoms with Crippen LogP contribution in [0, 0.1) is 5.82 Å². The third kappa shape index (κ3) is 2.51. The smallest absolute Gasteiger partial charge is 0.123 e. The van der Waals surface area contributed by atoms with Crippen molar-refractivity contribution in [2.75, 3.05) is 0 Å². The van der Waals surface area contributed by atoms with Gasteiger partial charge in [-0.25, -0.2) is 8.78 Å². The topological polar surface area (TPSA) is 0 Å². The third-order valence-electron chi connectivity index (χ3n) is 1.98. The van der Waals surface area contributed by atoms with E-state index in [2.05, 4.69) is 0 Å². The first-order valence-corrected chi connectivity index (χ1v) is 4.29. The number of hydrogen-bond donors (Lipinski definition) is 0. The minimum Gasteiger partial charge on any atom is -0.246 e. The maximum atomic E-state index is 13.0. The summed E-state index contributed by atoms with van der Waals surface area (Å²) >= 11 is 0. The van der Waals surface area contributed by atoms with Gasteiger partial charge in [0.05, 0.1) is 0 Å². The van der Waals surface area contributed by atoms with Gasteiger partial charge in [-0.3, -0.25) is 0 Å². The zero-order valence-electron chi connectivity index (χ0n) is 8.20. The molecule has 0 heterocycles. The first-order valence-electron chi connectivity index (χ1n) is 4.29. The van der Waals surface area contributed by atoms with Gasteiger partial charge < -0.3 is 0 Å². The fraction of sp³-hybridized carbons (Fsp3) is 0.455.